The number of alkyl halides is 7. The fourth-order valence-electron chi connectivity index (χ4n) is 3.38. The SMILES string of the molecule is CC(C)(C)CN1CCN(C(=O)C(F)(F)F)CC1.CC(C)(C)OC(=O)CBr.O=C(N1CCNCC1)C(F)(F)F.O=C=O.O=CO[O-].[H-].[K+].[K+]. The van der Waals surface area contributed by atoms with Crippen molar-refractivity contribution in [3.8, 4) is 0 Å². The minimum atomic E-state index is -4.74. The Morgan fingerprint density at radius 2 is 1.17 bits per heavy atom. The van der Waals surface area contributed by atoms with Gasteiger partial charge in [-0.25, -0.2) is 0 Å². The van der Waals surface area contributed by atoms with Crippen molar-refractivity contribution in [2.24, 2.45) is 5.41 Å². The van der Waals surface area contributed by atoms with Gasteiger partial charge in [-0.05, 0) is 26.2 Å². The summed E-state index contributed by atoms with van der Waals surface area (Å²) >= 11 is 2.99. The van der Waals surface area contributed by atoms with Crippen molar-refractivity contribution in [2.45, 2.75) is 59.5 Å². The molecule has 2 saturated heterocycles. The molecule has 13 nitrogen and oxygen atoms in total. The Bertz CT molecular complexity index is 926. The average molecular weight is 814 g/mol. The Morgan fingerprint density at radius 1 is 0.830 bits per heavy atom. The van der Waals surface area contributed by atoms with Crippen LogP contribution < -0.4 is 113 Å². The molecule has 2 fully saturated rings. The largest absolute Gasteiger partial charge is 1.00 e. The van der Waals surface area contributed by atoms with Crippen molar-refractivity contribution in [3.05, 3.63) is 0 Å². The van der Waals surface area contributed by atoms with Crippen LogP contribution in [0, 0.1) is 5.41 Å². The molecule has 47 heavy (non-hydrogen) atoms. The summed E-state index contributed by atoms with van der Waals surface area (Å²) in [5.41, 5.74) is -0.235. The zero-order valence-corrected chi connectivity index (χ0v) is 35.6. The van der Waals surface area contributed by atoms with E-state index in [1.165, 1.54) is 0 Å². The van der Waals surface area contributed by atoms with E-state index in [1.807, 2.05) is 20.8 Å². The van der Waals surface area contributed by atoms with Crippen LogP contribution in [0.3, 0.4) is 0 Å². The molecule has 2 heterocycles. The first-order valence-electron chi connectivity index (χ1n) is 13.0. The number of amides is 2. The smallest absolute Gasteiger partial charge is 1.00 e. The molecule has 0 radical (unpaired) electrons. The molecular formula is C25H41BrF6K2N4O9. The number of halogens is 7. The second-order valence-electron chi connectivity index (χ2n) is 11.2. The molecule has 0 aromatic carbocycles. The third-order valence-electron chi connectivity index (χ3n) is 4.82. The number of carbonyl (C=O) groups is 4. The molecule has 2 aliphatic heterocycles. The van der Waals surface area contributed by atoms with E-state index < -0.39 is 24.2 Å². The minimum absolute atomic E-state index is 0. The summed E-state index contributed by atoms with van der Waals surface area (Å²) in [6.07, 6.45) is -9.22. The molecule has 2 amide bonds. The normalized spacial score (nSPS) is 14.8. The average Bonchev–Trinajstić information content (AvgIpc) is 2.91. The first-order chi connectivity index (χ1) is 20.4. The van der Waals surface area contributed by atoms with Crippen molar-refractivity contribution in [1.29, 1.82) is 0 Å². The zero-order valence-electron chi connectivity index (χ0n) is 28.8. The number of esters is 1. The number of carbonyl (C=O) groups excluding carboxylic acids is 6. The predicted octanol–water partition coefficient (Wildman–Crippen LogP) is -4.59. The van der Waals surface area contributed by atoms with Gasteiger partial charge in [0.05, 0.1) is 0 Å². The number of hydrogen-bond donors (Lipinski definition) is 1. The maximum atomic E-state index is 12.2. The molecule has 266 valence electrons. The summed E-state index contributed by atoms with van der Waals surface area (Å²) in [6, 6.07) is 0. The third-order valence-corrected chi connectivity index (χ3v) is 5.27. The first-order valence-corrected chi connectivity index (χ1v) is 14.2. The molecule has 0 aromatic rings. The number of piperazine rings is 2. The van der Waals surface area contributed by atoms with Crippen LogP contribution in [0.4, 0.5) is 26.3 Å². The molecule has 0 unspecified atom stereocenters. The molecule has 22 heteroatoms. The van der Waals surface area contributed by atoms with Gasteiger partial charge in [0.2, 0.25) is 0 Å². The Labute approximate surface area is 364 Å². The minimum Gasteiger partial charge on any atom is -1.00 e. The van der Waals surface area contributed by atoms with Gasteiger partial charge in [-0.1, -0.05) is 36.7 Å². The summed E-state index contributed by atoms with van der Waals surface area (Å²) in [7, 11) is 0. The van der Waals surface area contributed by atoms with Gasteiger partial charge in [-0.2, -0.15) is 35.9 Å². The zero-order chi connectivity index (χ0) is 36.1. The van der Waals surface area contributed by atoms with Gasteiger partial charge in [-0.15, -0.1) is 0 Å². The van der Waals surface area contributed by atoms with Crippen LogP contribution in [-0.2, 0) is 38.4 Å². The number of nitrogens with one attached hydrogen (secondary N) is 1. The van der Waals surface area contributed by atoms with Crippen molar-refractivity contribution in [2.75, 3.05) is 64.2 Å². The van der Waals surface area contributed by atoms with Crippen LogP contribution in [0.15, 0.2) is 0 Å². The van der Waals surface area contributed by atoms with E-state index in [0.29, 0.717) is 26.2 Å². The van der Waals surface area contributed by atoms with Crippen LogP contribution in [0.2, 0.25) is 0 Å². The van der Waals surface area contributed by atoms with Crippen LogP contribution in [-0.4, -0.2) is 127 Å². The molecule has 2 aliphatic rings. The number of hydrogen-bond acceptors (Lipinski definition) is 11. The molecule has 1 N–H and O–H groups in total. The van der Waals surface area contributed by atoms with Crippen LogP contribution in [0.25, 0.3) is 0 Å². The third kappa shape index (κ3) is 34.7. The maximum Gasteiger partial charge on any atom is 1.00 e. The Kier molecular flexibility index (Phi) is 35.2. The van der Waals surface area contributed by atoms with Gasteiger partial charge in [0.1, 0.15) is 10.9 Å². The van der Waals surface area contributed by atoms with Crippen molar-refractivity contribution in [3.63, 3.8) is 0 Å². The van der Waals surface area contributed by atoms with Gasteiger partial charge in [0.25, 0.3) is 6.47 Å². The van der Waals surface area contributed by atoms with Gasteiger partial charge in [0, 0.05) is 58.9 Å². The van der Waals surface area contributed by atoms with E-state index in [-0.39, 0.29) is 165 Å². The standard InChI is InChI=1S/C11H19F3N2O.C6H11BrO2.C6H9F3N2O.CH2O3.CO2.2K.H/c1-10(2,3)8-15-4-6-16(7-5-15)9(17)11(12,13)14;1-6(2,3)9-5(8)4-7;7-6(8,9)5(12)11-3-1-10-2-4-11;2-1-4-3;2-1-3;;;/h4-8H2,1-3H3;4H2,1-3H3;10H,1-4H2;1,3H;;;;/q;;;;;2*+1;-1/p-1. The predicted molar refractivity (Wildman–Crippen MR) is 147 cm³/mol. The van der Waals surface area contributed by atoms with Crippen LogP contribution in [0.1, 0.15) is 43.0 Å². The quantitative estimate of drug-likeness (QED) is 0.0555. The molecular weight excluding hydrogens is 772 g/mol. The van der Waals surface area contributed by atoms with Crippen LogP contribution >= 0.6 is 15.9 Å². The van der Waals surface area contributed by atoms with E-state index in [4.69, 9.17) is 24.4 Å². The molecule has 0 atom stereocenters. The Hall–Kier alpha value is 0.473. The Morgan fingerprint density at radius 3 is 1.40 bits per heavy atom. The molecule has 0 bridgehead atoms. The van der Waals surface area contributed by atoms with Crippen molar-refractivity contribution < 1.29 is 174 Å². The fourth-order valence-corrected chi connectivity index (χ4v) is 3.49. The molecule has 0 spiro atoms. The van der Waals surface area contributed by atoms with E-state index >= 15 is 0 Å². The summed E-state index contributed by atoms with van der Waals surface area (Å²) in [5, 5.41) is 11.6. The molecule has 0 saturated carbocycles. The van der Waals surface area contributed by atoms with E-state index in [9.17, 15) is 40.7 Å². The monoisotopic (exact) mass is 812 g/mol. The number of nitrogens with zero attached hydrogens (tertiary/aromatic N) is 3. The van der Waals surface area contributed by atoms with Crippen molar-refractivity contribution >= 4 is 46.3 Å². The summed E-state index contributed by atoms with van der Waals surface area (Å²) in [4.78, 5) is 63.4. The van der Waals surface area contributed by atoms with E-state index in [2.05, 4.69) is 51.8 Å². The molecule has 0 aliphatic carbocycles. The van der Waals surface area contributed by atoms with E-state index in [1.54, 1.807) is 0 Å². The van der Waals surface area contributed by atoms with E-state index in [0.717, 1.165) is 16.3 Å². The summed E-state index contributed by atoms with van der Waals surface area (Å²) in [5.74, 6) is -3.67. The van der Waals surface area contributed by atoms with Gasteiger partial charge in [-0.3, -0.25) is 24.1 Å². The topological polar surface area (TPSA) is 166 Å². The number of rotatable bonds is 3. The van der Waals surface area contributed by atoms with Gasteiger partial charge >= 0.3 is 139 Å². The number of ether oxygens (including phenoxy) is 1. The van der Waals surface area contributed by atoms with Gasteiger partial charge < -0.3 is 31.4 Å². The second kappa shape index (κ2) is 29.1. The molecule has 2 rings (SSSR count). The van der Waals surface area contributed by atoms with Gasteiger partial charge in [0.15, 0.2) is 0 Å². The summed E-state index contributed by atoms with van der Waals surface area (Å²) < 4.78 is 77.0. The second-order valence-corrected chi connectivity index (χ2v) is 11.7. The van der Waals surface area contributed by atoms with Crippen molar-refractivity contribution in [1.82, 2.24) is 20.0 Å². The summed E-state index contributed by atoms with van der Waals surface area (Å²) in [6.45, 7) is 14.9. The maximum absolute atomic E-state index is 12.2. The van der Waals surface area contributed by atoms with Crippen LogP contribution in [0.5, 0.6) is 0 Å². The Balaban J connectivity index is -0.000000126. The fraction of sp³-hybridized carbons (Fsp3) is 0.800. The molecule has 0 aromatic heterocycles. The first kappa shape index (κ1) is 56.8.